The number of ketones is 1. The maximum absolute atomic E-state index is 11.7. The first-order valence-electron chi connectivity index (χ1n) is 4.92. The number of benzene rings is 1. The Labute approximate surface area is 94.9 Å². The Morgan fingerprint density at radius 2 is 2.00 bits per heavy atom. The number of halogens is 1. The highest BCUT2D eigenvalue weighted by atomic mass is 35.5. The highest BCUT2D eigenvalue weighted by Crippen LogP contribution is 2.19. The van der Waals surface area contributed by atoms with E-state index in [9.17, 15) is 9.90 Å². The van der Waals surface area contributed by atoms with Gasteiger partial charge >= 0.3 is 0 Å². The molecule has 82 valence electrons. The van der Waals surface area contributed by atoms with E-state index in [0.717, 1.165) is 5.56 Å². The zero-order valence-corrected chi connectivity index (χ0v) is 9.88. The molecule has 0 bridgehead atoms. The maximum Gasteiger partial charge on any atom is 0.191 e. The summed E-state index contributed by atoms with van der Waals surface area (Å²) in [5.74, 6) is -0.357. The summed E-state index contributed by atoms with van der Waals surface area (Å²) in [7, 11) is 0. The quantitative estimate of drug-likeness (QED) is 0.805. The lowest BCUT2D eigenvalue weighted by Crippen LogP contribution is -2.26. The van der Waals surface area contributed by atoms with Gasteiger partial charge < -0.3 is 5.11 Å². The Kier molecular flexibility index (Phi) is 3.89. The number of aliphatic hydroxyl groups excluding tert-OH is 1. The first-order chi connectivity index (χ1) is 6.93. The van der Waals surface area contributed by atoms with Crippen molar-refractivity contribution in [3.05, 3.63) is 34.3 Å². The minimum Gasteiger partial charge on any atom is -0.385 e. The molecule has 0 fully saturated rings. The molecule has 1 atom stereocenters. The third-order valence-corrected chi connectivity index (χ3v) is 2.76. The van der Waals surface area contributed by atoms with Crippen LogP contribution in [0.3, 0.4) is 0 Å². The average molecular weight is 227 g/mol. The van der Waals surface area contributed by atoms with Crippen LogP contribution >= 0.6 is 11.6 Å². The second-order valence-corrected chi connectivity index (χ2v) is 4.42. The fourth-order valence-corrected chi connectivity index (χ4v) is 1.40. The van der Waals surface area contributed by atoms with E-state index >= 15 is 0 Å². The summed E-state index contributed by atoms with van der Waals surface area (Å²) >= 11 is 5.91. The SMILES string of the molecule is Cc1ccc(C(=O)C(O)C(C)C)cc1Cl. The molecule has 0 saturated carbocycles. The number of hydrogen-bond acceptors (Lipinski definition) is 2. The summed E-state index contributed by atoms with van der Waals surface area (Å²) < 4.78 is 0. The van der Waals surface area contributed by atoms with Crippen LogP contribution in [0.25, 0.3) is 0 Å². The topological polar surface area (TPSA) is 37.3 Å². The van der Waals surface area contributed by atoms with Gasteiger partial charge in [0.05, 0.1) is 0 Å². The normalized spacial score (nSPS) is 12.9. The van der Waals surface area contributed by atoms with Crippen LogP contribution in [0.1, 0.15) is 29.8 Å². The molecule has 1 aromatic carbocycles. The zero-order chi connectivity index (χ0) is 11.6. The average Bonchev–Trinajstić information content (AvgIpc) is 2.19. The molecule has 15 heavy (non-hydrogen) atoms. The number of Topliss-reactive ketones (excluding diaryl/α,β-unsaturated/α-hetero) is 1. The lowest BCUT2D eigenvalue weighted by atomic mass is 9.97. The molecule has 0 spiro atoms. The van der Waals surface area contributed by atoms with Gasteiger partial charge in [0.1, 0.15) is 6.10 Å². The monoisotopic (exact) mass is 226 g/mol. The van der Waals surface area contributed by atoms with E-state index < -0.39 is 6.10 Å². The molecule has 3 heteroatoms. The summed E-state index contributed by atoms with van der Waals surface area (Å²) in [5, 5.41) is 10.2. The summed E-state index contributed by atoms with van der Waals surface area (Å²) in [6.45, 7) is 5.48. The van der Waals surface area contributed by atoms with Gasteiger partial charge in [0.2, 0.25) is 0 Å². The molecular weight excluding hydrogens is 212 g/mol. The van der Waals surface area contributed by atoms with Gasteiger partial charge in [-0.2, -0.15) is 0 Å². The highest BCUT2D eigenvalue weighted by Gasteiger charge is 2.20. The van der Waals surface area contributed by atoms with Gasteiger partial charge in [-0.25, -0.2) is 0 Å². The minimum absolute atomic E-state index is 0.0856. The van der Waals surface area contributed by atoms with Gasteiger partial charge in [-0.3, -0.25) is 4.79 Å². The second-order valence-electron chi connectivity index (χ2n) is 4.02. The van der Waals surface area contributed by atoms with Gasteiger partial charge in [0.15, 0.2) is 5.78 Å². The third-order valence-electron chi connectivity index (χ3n) is 2.36. The summed E-state index contributed by atoms with van der Waals surface area (Å²) in [4.78, 5) is 11.7. The molecule has 1 unspecified atom stereocenters. The largest absolute Gasteiger partial charge is 0.385 e. The Hall–Kier alpha value is -0.860. The Morgan fingerprint density at radius 1 is 1.40 bits per heavy atom. The third kappa shape index (κ3) is 2.80. The van der Waals surface area contributed by atoms with Crippen LogP contribution in [-0.2, 0) is 0 Å². The molecule has 0 saturated heterocycles. The Balaban J connectivity index is 2.97. The molecule has 1 N–H and O–H groups in total. The lowest BCUT2D eigenvalue weighted by Gasteiger charge is -2.13. The second kappa shape index (κ2) is 4.77. The van der Waals surface area contributed by atoms with E-state index in [-0.39, 0.29) is 11.7 Å². The molecule has 0 aromatic heterocycles. The standard InChI is InChI=1S/C12H15ClO2/c1-7(2)11(14)12(15)9-5-4-8(3)10(13)6-9/h4-7,11,14H,1-3H3. The van der Waals surface area contributed by atoms with Gasteiger partial charge in [0, 0.05) is 10.6 Å². The predicted molar refractivity (Wildman–Crippen MR) is 61.4 cm³/mol. The number of hydrogen-bond donors (Lipinski definition) is 1. The first kappa shape index (κ1) is 12.2. The van der Waals surface area contributed by atoms with Crippen LogP contribution in [0.2, 0.25) is 5.02 Å². The van der Waals surface area contributed by atoms with Crippen molar-refractivity contribution in [3.8, 4) is 0 Å². The number of carbonyl (C=O) groups excluding carboxylic acids is 1. The van der Waals surface area contributed by atoms with Crippen LogP contribution in [0.5, 0.6) is 0 Å². The fraction of sp³-hybridized carbons (Fsp3) is 0.417. The fourth-order valence-electron chi connectivity index (χ4n) is 1.22. The van der Waals surface area contributed by atoms with Crippen molar-refractivity contribution >= 4 is 17.4 Å². The van der Waals surface area contributed by atoms with E-state index in [0.29, 0.717) is 10.6 Å². The van der Waals surface area contributed by atoms with Crippen LogP contribution in [-0.4, -0.2) is 17.0 Å². The van der Waals surface area contributed by atoms with Gasteiger partial charge in [0.25, 0.3) is 0 Å². The zero-order valence-electron chi connectivity index (χ0n) is 9.12. The number of aliphatic hydroxyl groups is 1. The highest BCUT2D eigenvalue weighted by molar-refractivity contribution is 6.31. The van der Waals surface area contributed by atoms with E-state index in [1.165, 1.54) is 0 Å². The maximum atomic E-state index is 11.7. The molecule has 0 amide bonds. The van der Waals surface area contributed by atoms with Gasteiger partial charge in [-0.05, 0) is 24.5 Å². The Morgan fingerprint density at radius 3 is 2.47 bits per heavy atom. The molecule has 0 radical (unpaired) electrons. The van der Waals surface area contributed by atoms with Crippen LogP contribution in [0.15, 0.2) is 18.2 Å². The number of carbonyl (C=O) groups is 1. The molecule has 0 aliphatic heterocycles. The minimum atomic E-state index is -0.955. The van der Waals surface area contributed by atoms with E-state index in [1.54, 1.807) is 32.0 Å². The molecular formula is C12H15ClO2. The van der Waals surface area contributed by atoms with E-state index in [4.69, 9.17) is 11.6 Å². The van der Waals surface area contributed by atoms with Crippen molar-refractivity contribution in [2.75, 3.05) is 0 Å². The van der Waals surface area contributed by atoms with Crippen LogP contribution in [0, 0.1) is 12.8 Å². The van der Waals surface area contributed by atoms with E-state index in [2.05, 4.69) is 0 Å². The molecule has 0 aliphatic carbocycles. The molecule has 1 rings (SSSR count). The van der Waals surface area contributed by atoms with Gasteiger partial charge in [-0.15, -0.1) is 0 Å². The summed E-state index contributed by atoms with van der Waals surface area (Å²) in [6, 6.07) is 5.07. The lowest BCUT2D eigenvalue weighted by molar-refractivity contribution is 0.0648. The smallest absolute Gasteiger partial charge is 0.191 e. The molecule has 0 aliphatic rings. The molecule has 2 nitrogen and oxygen atoms in total. The van der Waals surface area contributed by atoms with Gasteiger partial charge in [-0.1, -0.05) is 37.6 Å². The van der Waals surface area contributed by atoms with Crippen LogP contribution in [0.4, 0.5) is 0 Å². The van der Waals surface area contributed by atoms with Crippen molar-refractivity contribution in [2.45, 2.75) is 26.9 Å². The molecule has 0 heterocycles. The first-order valence-corrected chi connectivity index (χ1v) is 5.29. The van der Waals surface area contributed by atoms with Crippen molar-refractivity contribution < 1.29 is 9.90 Å². The Bertz CT molecular complexity index is 372. The molecule has 1 aromatic rings. The van der Waals surface area contributed by atoms with Crippen molar-refractivity contribution in [1.29, 1.82) is 0 Å². The number of aryl methyl sites for hydroxylation is 1. The summed E-state index contributed by atoms with van der Waals surface area (Å²) in [6.07, 6.45) is -0.955. The predicted octanol–water partition coefficient (Wildman–Crippen LogP) is 2.85. The van der Waals surface area contributed by atoms with Crippen molar-refractivity contribution in [3.63, 3.8) is 0 Å². The summed E-state index contributed by atoms with van der Waals surface area (Å²) in [5.41, 5.74) is 1.39. The van der Waals surface area contributed by atoms with E-state index in [1.807, 2.05) is 6.92 Å². The van der Waals surface area contributed by atoms with Crippen LogP contribution < -0.4 is 0 Å². The number of rotatable bonds is 3. The van der Waals surface area contributed by atoms with Crippen molar-refractivity contribution in [1.82, 2.24) is 0 Å². The van der Waals surface area contributed by atoms with Crippen molar-refractivity contribution in [2.24, 2.45) is 5.92 Å².